The molecule has 6 nitrogen and oxygen atoms in total. The van der Waals surface area contributed by atoms with Gasteiger partial charge in [-0.3, -0.25) is 4.79 Å². The monoisotopic (exact) mass is 241 g/mol. The smallest absolute Gasteiger partial charge is 0.338 e. The van der Waals surface area contributed by atoms with E-state index in [1.54, 1.807) is 7.11 Å². The van der Waals surface area contributed by atoms with Crippen molar-refractivity contribution in [3.63, 3.8) is 0 Å². The molecule has 94 valence electrons. The maximum Gasteiger partial charge on any atom is 0.338 e. The quantitative estimate of drug-likeness (QED) is 0.806. The molecule has 1 heterocycles. The molecular formula is C11H15NO5. The summed E-state index contributed by atoms with van der Waals surface area (Å²) >= 11 is 0. The summed E-state index contributed by atoms with van der Waals surface area (Å²) in [4.78, 5) is 22.2. The number of hydrogen-bond donors (Lipinski definition) is 2. The standard InChI is InChI=1S/C11H15NO5/c1-11(2,16-3)6-12-9(13)8-4-7(5-17-8)10(14)15/h4-5H,6H2,1-3H3,(H,12,13)(H,14,15). The average molecular weight is 241 g/mol. The summed E-state index contributed by atoms with van der Waals surface area (Å²) in [6.45, 7) is 3.93. The minimum atomic E-state index is -1.13. The Hall–Kier alpha value is -1.82. The van der Waals surface area contributed by atoms with Crippen LogP contribution in [0, 0.1) is 0 Å². The van der Waals surface area contributed by atoms with Gasteiger partial charge in [-0.1, -0.05) is 0 Å². The Morgan fingerprint density at radius 2 is 2.18 bits per heavy atom. The molecule has 0 fully saturated rings. The molecule has 0 spiro atoms. The predicted molar refractivity (Wildman–Crippen MR) is 59.1 cm³/mol. The van der Waals surface area contributed by atoms with E-state index in [9.17, 15) is 9.59 Å². The van der Waals surface area contributed by atoms with Gasteiger partial charge in [0.15, 0.2) is 5.76 Å². The molecule has 0 saturated heterocycles. The van der Waals surface area contributed by atoms with Crippen LogP contribution in [0.4, 0.5) is 0 Å². The van der Waals surface area contributed by atoms with Gasteiger partial charge in [0.2, 0.25) is 0 Å². The molecule has 0 bridgehead atoms. The van der Waals surface area contributed by atoms with Gasteiger partial charge in [-0.2, -0.15) is 0 Å². The summed E-state index contributed by atoms with van der Waals surface area (Å²) in [6.07, 6.45) is 1.03. The SMILES string of the molecule is COC(C)(C)CNC(=O)c1cc(C(=O)O)co1. The molecule has 0 aromatic carbocycles. The zero-order chi connectivity index (χ0) is 13.1. The zero-order valence-corrected chi connectivity index (χ0v) is 9.94. The first-order valence-electron chi connectivity index (χ1n) is 5.01. The van der Waals surface area contributed by atoms with Crippen molar-refractivity contribution in [1.82, 2.24) is 5.32 Å². The second kappa shape index (κ2) is 5.01. The molecule has 0 unspecified atom stereocenters. The van der Waals surface area contributed by atoms with E-state index in [0.29, 0.717) is 6.54 Å². The van der Waals surface area contributed by atoms with Crippen LogP contribution in [0.5, 0.6) is 0 Å². The van der Waals surface area contributed by atoms with Gasteiger partial charge >= 0.3 is 5.97 Å². The molecule has 1 amide bonds. The maximum atomic E-state index is 11.6. The van der Waals surface area contributed by atoms with Crippen molar-refractivity contribution in [3.8, 4) is 0 Å². The van der Waals surface area contributed by atoms with Crippen LogP contribution in [0.15, 0.2) is 16.7 Å². The highest BCUT2D eigenvalue weighted by atomic mass is 16.5. The average Bonchev–Trinajstić information content (AvgIpc) is 2.75. The van der Waals surface area contributed by atoms with Crippen molar-refractivity contribution >= 4 is 11.9 Å². The van der Waals surface area contributed by atoms with Gasteiger partial charge in [0.05, 0.1) is 11.2 Å². The van der Waals surface area contributed by atoms with E-state index in [1.807, 2.05) is 13.8 Å². The molecule has 1 rings (SSSR count). The Kier molecular flexibility index (Phi) is 3.90. The van der Waals surface area contributed by atoms with Crippen LogP contribution in [-0.4, -0.2) is 36.2 Å². The van der Waals surface area contributed by atoms with Gasteiger partial charge in [0, 0.05) is 19.7 Å². The van der Waals surface area contributed by atoms with Crippen LogP contribution in [0.1, 0.15) is 34.8 Å². The molecule has 0 aliphatic rings. The number of carbonyl (C=O) groups excluding carboxylic acids is 1. The summed E-state index contributed by atoms with van der Waals surface area (Å²) < 4.78 is 9.98. The van der Waals surface area contributed by atoms with Crippen LogP contribution in [-0.2, 0) is 4.74 Å². The highest BCUT2D eigenvalue weighted by molar-refractivity contribution is 5.95. The summed E-state index contributed by atoms with van der Waals surface area (Å²) in [5.74, 6) is -1.64. The van der Waals surface area contributed by atoms with Crippen LogP contribution in [0.2, 0.25) is 0 Å². The zero-order valence-electron chi connectivity index (χ0n) is 9.94. The number of carboxylic acid groups (broad SMARTS) is 1. The van der Waals surface area contributed by atoms with Crippen LogP contribution in [0.3, 0.4) is 0 Å². The molecule has 1 aromatic rings. The largest absolute Gasteiger partial charge is 0.478 e. The van der Waals surface area contributed by atoms with E-state index >= 15 is 0 Å². The molecule has 17 heavy (non-hydrogen) atoms. The van der Waals surface area contributed by atoms with E-state index in [0.717, 1.165) is 6.26 Å². The number of nitrogens with one attached hydrogen (secondary N) is 1. The number of hydrogen-bond acceptors (Lipinski definition) is 4. The van der Waals surface area contributed by atoms with Gasteiger partial charge in [-0.25, -0.2) is 4.79 Å². The molecule has 0 atom stereocenters. The number of amides is 1. The first kappa shape index (κ1) is 13.2. The fraction of sp³-hybridized carbons (Fsp3) is 0.455. The fourth-order valence-electron chi connectivity index (χ4n) is 1.02. The summed E-state index contributed by atoms with van der Waals surface area (Å²) in [7, 11) is 1.54. The molecule has 6 heteroatoms. The minimum absolute atomic E-state index is 0.0331. The predicted octanol–water partition coefficient (Wildman–Crippen LogP) is 1.13. The molecule has 2 N–H and O–H groups in total. The number of rotatable bonds is 5. The molecule has 1 aromatic heterocycles. The van der Waals surface area contributed by atoms with Gasteiger partial charge in [0.1, 0.15) is 6.26 Å². The Morgan fingerprint density at radius 3 is 2.65 bits per heavy atom. The number of carboxylic acids is 1. The highest BCUT2D eigenvalue weighted by Crippen LogP contribution is 2.09. The van der Waals surface area contributed by atoms with Crippen molar-refractivity contribution < 1.29 is 23.8 Å². The van der Waals surface area contributed by atoms with Crippen molar-refractivity contribution in [1.29, 1.82) is 0 Å². The van der Waals surface area contributed by atoms with Gasteiger partial charge in [-0.05, 0) is 13.8 Å². The molecule has 0 saturated carbocycles. The van der Waals surface area contributed by atoms with E-state index in [1.165, 1.54) is 6.07 Å². The van der Waals surface area contributed by atoms with E-state index in [-0.39, 0.29) is 11.3 Å². The van der Waals surface area contributed by atoms with E-state index in [4.69, 9.17) is 14.3 Å². The third kappa shape index (κ3) is 3.60. The van der Waals surface area contributed by atoms with Crippen molar-refractivity contribution in [2.24, 2.45) is 0 Å². The lowest BCUT2D eigenvalue weighted by atomic mass is 10.1. The first-order chi connectivity index (χ1) is 7.85. The normalized spacial score (nSPS) is 11.2. The number of methoxy groups -OCH3 is 1. The topological polar surface area (TPSA) is 88.8 Å². The minimum Gasteiger partial charge on any atom is -0.478 e. The van der Waals surface area contributed by atoms with Crippen LogP contribution >= 0.6 is 0 Å². The first-order valence-corrected chi connectivity index (χ1v) is 5.01. The third-order valence-electron chi connectivity index (χ3n) is 2.30. The van der Waals surface area contributed by atoms with Crippen molar-refractivity contribution in [3.05, 3.63) is 23.7 Å². The summed E-state index contributed by atoms with van der Waals surface area (Å²) in [5, 5.41) is 11.3. The summed E-state index contributed by atoms with van der Waals surface area (Å²) in [5.41, 5.74) is -0.543. The second-order valence-corrected chi connectivity index (χ2v) is 4.15. The molecule has 0 aliphatic carbocycles. The number of aromatic carboxylic acids is 1. The Bertz CT molecular complexity index is 421. The lowest BCUT2D eigenvalue weighted by Crippen LogP contribution is -2.39. The molecular weight excluding hydrogens is 226 g/mol. The molecule has 0 radical (unpaired) electrons. The van der Waals surface area contributed by atoms with E-state index in [2.05, 4.69) is 5.32 Å². The van der Waals surface area contributed by atoms with Crippen molar-refractivity contribution in [2.75, 3.05) is 13.7 Å². The Labute approximate surface area is 98.6 Å². The van der Waals surface area contributed by atoms with Gasteiger partial charge < -0.3 is 19.6 Å². The number of furan rings is 1. The van der Waals surface area contributed by atoms with Gasteiger partial charge in [0.25, 0.3) is 5.91 Å². The lowest BCUT2D eigenvalue weighted by Gasteiger charge is -2.22. The van der Waals surface area contributed by atoms with Crippen LogP contribution < -0.4 is 5.32 Å². The fourth-order valence-corrected chi connectivity index (χ4v) is 1.02. The molecule has 0 aliphatic heterocycles. The Morgan fingerprint density at radius 1 is 1.53 bits per heavy atom. The maximum absolute atomic E-state index is 11.6. The van der Waals surface area contributed by atoms with Gasteiger partial charge in [-0.15, -0.1) is 0 Å². The highest BCUT2D eigenvalue weighted by Gasteiger charge is 2.20. The number of carbonyl (C=O) groups is 2. The summed E-state index contributed by atoms with van der Waals surface area (Å²) in [6, 6.07) is 1.18. The lowest BCUT2D eigenvalue weighted by molar-refractivity contribution is 0.0226. The Balaban J connectivity index is 2.61. The van der Waals surface area contributed by atoms with E-state index < -0.39 is 17.5 Å². The van der Waals surface area contributed by atoms with Crippen molar-refractivity contribution in [2.45, 2.75) is 19.4 Å². The number of ether oxygens (including phenoxy) is 1. The second-order valence-electron chi connectivity index (χ2n) is 4.15. The third-order valence-corrected chi connectivity index (χ3v) is 2.30. The van der Waals surface area contributed by atoms with Crippen LogP contribution in [0.25, 0.3) is 0 Å².